The van der Waals surface area contributed by atoms with Crippen LogP contribution in [0.3, 0.4) is 0 Å². The number of aromatic nitrogens is 2. The summed E-state index contributed by atoms with van der Waals surface area (Å²) in [5.74, 6) is 0.969. The van der Waals surface area contributed by atoms with Gasteiger partial charge in [-0.15, -0.1) is 0 Å². The Morgan fingerprint density at radius 1 is 1.38 bits per heavy atom. The second-order valence-corrected chi connectivity index (χ2v) is 3.25. The highest BCUT2D eigenvalue weighted by molar-refractivity contribution is 5.23. The molecule has 3 heteroatoms. The minimum atomic E-state index is 0.969. The van der Waals surface area contributed by atoms with Gasteiger partial charge >= 0.3 is 0 Å². The Hall–Kier alpha value is -0.990. The fourth-order valence-corrected chi connectivity index (χ4v) is 1.43. The molecule has 0 aliphatic heterocycles. The van der Waals surface area contributed by atoms with E-state index in [-0.39, 0.29) is 0 Å². The van der Waals surface area contributed by atoms with Gasteiger partial charge in [-0.2, -0.15) is 0 Å². The molecule has 0 bridgehead atoms. The fourth-order valence-electron chi connectivity index (χ4n) is 1.43. The minimum absolute atomic E-state index is 0.969. The lowest BCUT2D eigenvalue weighted by Crippen LogP contribution is -2.02. The van der Waals surface area contributed by atoms with Gasteiger partial charge in [0.2, 0.25) is 5.95 Å². The monoisotopic (exact) mass is 181 g/mol. The molecule has 0 aliphatic carbocycles. The molecule has 1 aromatic rings. The number of hydrogen-bond acceptors (Lipinski definition) is 2. The third kappa shape index (κ3) is 3.09. The highest BCUT2D eigenvalue weighted by atomic mass is 15.2. The van der Waals surface area contributed by atoms with Gasteiger partial charge in [0, 0.05) is 26.0 Å². The van der Waals surface area contributed by atoms with Crippen LogP contribution in [-0.2, 0) is 6.54 Å². The number of imidazole rings is 1. The first-order valence-electron chi connectivity index (χ1n) is 5.07. The molecular weight excluding hydrogens is 162 g/mol. The number of unbranched alkanes of at least 4 members (excludes halogenated alkanes) is 3. The smallest absolute Gasteiger partial charge is 0.202 e. The molecule has 1 aromatic heterocycles. The summed E-state index contributed by atoms with van der Waals surface area (Å²) in [6.07, 6.45) is 9.06. The maximum Gasteiger partial charge on any atom is 0.202 e. The molecule has 0 aromatic carbocycles. The predicted molar refractivity (Wildman–Crippen MR) is 55.9 cm³/mol. The van der Waals surface area contributed by atoms with Gasteiger partial charge in [0.05, 0.1) is 0 Å². The van der Waals surface area contributed by atoms with E-state index in [2.05, 4.69) is 21.8 Å². The summed E-state index contributed by atoms with van der Waals surface area (Å²) in [4.78, 5) is 4.19. The summed E-state index contributed by atoms with van der Waals surface area (Å²) in [6, 6.07) is 0. The first-order valence-corrected chi connectivity index (χ1v) is 5.07. The third-order valence-electron chi connectivity index (χ3n) is 2.19. The molecule has 1 rings (SSSR count). The number of rotatable bonds is 6. The Bertz CT molecular complexity index is 230. The molecule has 0 unspecified atom stereocenters. The average Bonchev–Trinajstić information content (AvgIpc) is 2.60. The van der Waals surface area contributed by atoms with Gasteiger partial charge in [0.1, 0.15) is 0 Å². The largest absolute Gasteiger partial charge is 0.359 e. The van der Waals surface area contributed by atoms with Crippen LogP contribution in [0.1, 0.15) is 32.6 Å². The first-order chi connectivity index (χ1) is 6.38. The van der Waals surface area contributed by atoms with Crippen LogP contribution in [0.4, 0.5) is 5.95 Å². The van der Waals surface area contributed by atoms with E-state index in [1.807, 2.05) is 19.4 Å². The van der Waals surface area contributed by atoms with Gasteiger partial charge in [-0.05, 0) is 6.42 Å². The van der Waals surface area contributed by atoms with Gasteiger partial charge < -0.3 is 9.88 Å². The Kier molecular flexibility index (Phi) is 4.36. The van der Waals surface area contributed by atoms with E-state index < -0.39 is 0 Å². The summed E-state index contributed by atoms with van der Waals surface area (Å²) in [7, 11) is 1.91. The number of anilines is 1. The van der Waals surface area contributed by atoms with E-state index in [0.29, 0.717) is 0 Å². The van der Waals surface area contributed by atoms with Crippen LogP contribution < -0.4 is 5.32 Å². The Morgan fingerprint density at radius 3 is 2.92 bits per heavy atom. The van der Waals surface area contributed by atoms with Crippen molar-refractivity contribution in [2.75, 3.05) is 12.4 Å². The van der Waals surface area contributed by atoms with Crippen molar-refractivity contribution in [3.63, 3.8) is 0 Å². The van der Waals surface area contributed by atoms with Crippen LogP contribution in [0, 0.1) is 0 Å². The first kappa shape index (κ1) is 10.1. The summed E-state index contributed by atoms with van der Waals surface area (Å²) in [5.41, 5.74) is 0. The lowest BCUT2D eigenvalue weighted by Gasteiger charge is -2.05. The van der Waals surface area contributed by atoms with Crippen molar-refractivity contribution in [3.05, 3.63) is 12.4 Å². The number of nitrogens with one attached hydrogen (secondary N) is 1. The Labute approximate surface area is 80.2 Å². The van der Waals surface area contributed by atoms with E-state index in [9.17, 15) is 0 Å². The van der Waals surface area contributed by atoms with Gasteiger partial charge in [0.15, 0.2) is 0 Å². The molecule has 0 saturated carbocycles. The molecule has 0 saturated heterocycles. The minimum Gasteiger partial charge on any atom is -0.359 e. The molecule has 0 radical (unpaired) electrons. The summed E-state index contributed by atoms with van der Waals surface area (Å²) in [6.45, 7) is 3.31. The Balaban J connectivity index is 2.27. The molecule has 0 atom stereocenters. The molecule has 13 heavy (non-hydrogen) atoms. The average molecular weight is 181 g/mol. The quantitative estimate of drug-likeness (QED) is 0.683. The van der Waals surface area contributed by atoms with E-state index in [1.54, 1.807) is 0 Å². The number of aryl methyl sites for hydroxylation is 1. The zero-order valence-electron chi connectivity index (χ0n) is 8.58. The normalized spacial score (nSPS) is 10.3. The molecule has 0 amide bonds. The SMILES string of the molecule is CCCCCCn1ccnc1NC. The highest BCUT2D eigenvalue weighted by Gasteiger charge is 1.98. The van der Waals surface area contributed by atoms with Gasteiger partial charge in [0.25, 0.3) is 0 Å². The zero-order valence-corrected chi connectivity index (χ0v) is 8.58. The number of nitrogens with zero attached hydrogens (tertiary/aromatic N) is 2. The van der Waals surface area contributed by atoms with Crippen LogP contribution in [0.15, 0.2) is 12.4 Å². The van der Waals surface area contributed by atoms with Crippen molar-refractivity contribution < 1.29 is 0 Å². The predicted octanol–water partition coefficient (Wildman–Crippen LogP) is 2.51. The lowest BCUT2D eigenvalue weighted by atomic mass is 10.2. The van der Waals surface area contributed by atoms with Gasteiger partial charge in [-0.3, -0.25) is 0 Å². The van der Waals surface area contributed by atoms with Crippen molar-refractivity contribution in [2.45, 2.75) is 39.2 Å². The molecule has 1 N–H and O–H groups in total. The van der Waals surface area contributed by atoms with Crippen molar-refractivity contribution in [1.82, 2.24) is 9.55 Å². The molecule has 1 heterocycles. The van der Waals surface area contributed by atoms with E-state index in [1.165, 1.54) is 25.7 Å². The molecule has 0 spiro atoms. The van der Waals surface area contributed by atoms with Crippen LogP contribution in [0.2, 0.25) is 0 Å². The van der Waals surface area contributed by atoms with E-state index >= 15 is 0 Å². The summed E-state index contributed by atoms with van der Waals surface area (Å²) in [5, 5.41) is 3.07. The van der Waals surface area contributed by atoms with Crippen LogP contribution in [0.5, 0.6) is 0 Å². The Morgan fingerprint density at radius 2 is 2.23 bits per heavy atom. The standard InChI is InChI=1S/C10H19N3/c1-3-4-5-6-8-13-9-7-12-10(13)11-2/h7,9H,3-6,8H2,1-2H3,(H,11,12). The molecule has 74 valence electrons. The lowest BCUT2D eigenvalue weighted by molar-refractivity contribution is 0.586. The van der Waals surface area contributed by atoms with Crippen molar-refractivity contribution in [1.29, 1.82) is 0 Å². The van der Waals surface area contributed by atoms with Crippen LogP contribution in [-0.4, -0.2) is 16.6 Å². The molecule has 0 fully saturated rings. The van der Waals surface area contributed by atoms with Crippen LogP contribution in [0.25, 0.3) is 0 Å². The molecule has 3 nitrogen and oxygen atoms in total. The van der Waals surface area contributed by atoms with Crippen LogP contribution >= 0.6 is 0 Å². The second kappa shape index (κ2) is 5.62. The van der Waals surface area contributed by atoms with Crippen molar-refractivity contribution >= 4 is 5.95 Å². The highest BCUT2D eigenvalue weighted by Crippen LogP contribution is 2.07. The van der Waals surface area contributed by atoms with E-state index in [4.69, 9.17) is 0 Å². The molecule has 0 aliphatic rings. The van der Waals surface area contributed by atoms with Crippen molar-refractivity contribution in [2.24, 2.45) is 0 Å². The maximum atomic E-state index is 4.19. The summed E-state index contributed by atoms with van der Waals surface area (Å²) < 4.78 is 2.16. The summed E-state index contributed by atoms with van der Waals surface area (Å²) >= 11 is 0. The third-order valence-corrected chi connectivity index (χ3v) is 2.19. The maximum absolute atomic E-state index is 4.19. The van der Waals surface area contributed by atoms with Crippen molar-refractivity contribution in [3.8, 4) is 0 Å². The van der Waals surface area contributed by atoms with Gasteiger partial charge in [-0.25, -0.2) is 4.98 Å². The second-order valence-electron chi connectivity index (χ2n) is 3.25. The number of hydrogen-bond donors (Lipinski definition) is 1. The molecular formula is C10H19N3. The van der Waals surface area contributed by atoms with Gasteiger partial charge in [-0.1, -0.05) is 26.2 Å². The zero-order chi connectivity index (χ0) is 9.52. The fraction of sp³-hybridized carbons (Fsp3) is 0.700. The van der Waals surface area contributed by atoms with E-state index in [0.717, 1.165) is 12.5 Å². The topological polar surface area (TPSA) is 29.9 Å².